The highest BCUT2D eigenvalue weighted by atomic mass is 14.1. The summed E-state index contributed by atoms with van der Waals surface area (Å²) in [6.07, 6.45) is 7.31. The lowest BCUT2D eigenvalue weighted by Gasteiger charge is -2.13. The maximum atomic E-state index is 3.78. The van der Waals surface area contributed by atoms with Gasteiger partial charge in [0, 0.05) is 5.92 Å². The van der Waals surface area contributed by atoms with Crippen molar-refractivity contribution in [1.82, 2.24) is 0 Å². The molecule has 0 saturated heterocycles. The number of rotatable bonds is 4. The molecule has 0 aliphatic heterocycles. The van der Waals surface area contributed by atoms with Gasteiger partial charge in [-0.25, -0.2) is 0 Å². The van der Waals surface area contributed by atoms with Crippen molar-refractivity contribution in [2.24, 2.45) is 0 Å². The van der Waals surface area contributed by atoms with Crippen LogP contribution in [0.2, 0.25) is 0 Å². The van der Waals surface area contributed by atoms with Crippen molar-refractivity contribution in [3.8, 4) is 0 Å². The summed E-state index contributed by atoms with van der Waals surface area (Å²) in [5.74, 6) is 0.458. The first kappa shape index (κ1) is 11.8. The van der Waals surface area contributed by atoms with Crippen LogP contribution in [0.4, 0.5) is 0 Å². The molecule has 15 heavy (non-hydrogen) atoms. The van der Waals surface area contributed by atoms with E-state index in [0.717, 1.165) is 6.42 Å². The zero-order chi connectivity index (χ0) is 11.1. The second-order valence-corrected chi connectivity index (χ2v) is 3.78. The fourth-order valence-corrected chi connectivity index (χ4v) is 1.63. The highest BCUT2D eigenvalue weighted by Gasteiger charge is 2.07. The van der Waals surface area contributed by atoms with Crippen molar-refractivity contribution in [2.45, 2.75) is 26.2 Å². The van der Waals surface area contributed by atoms with Crippen LogP contribution in [0.1, 0.15) is 31.7 Å². The summed E-state index contributed by atoms with van der Waals surface area (Å²) in [7, 11) is 0. The van der Waals surface area contributed by atoms with E-state index in [0.29, 0.717) is 5.92 Å². The molecule has 1 unspecified atom stereocenters. The summed E-state index contributed by atoms with van der Waals surface area (Å²) in [6.45, 7) is 8.05. The van der Waals surface area contributed by atoms with Crippen LogP contribution in [0.5, 0.6) is 0 Å². The number of allylic oxidation sites excluding steroid dienone is 4. The van der Waals surface area contributed by atoms with E-state index in [9.17, 15) is 0 Å². The number of hydrogen-bond acceptors (Lipinski definition) is 0. The largest absolute Gasteiger partial charge is 0.0887 e. The topological polar surface area (TPSA) is 0 Å². The van der Waals surface area contributed by atoms with Crippen molar-refractivity contribution >= 4 is 0 Å². The lowest BCUT2D eigenvalue weighted by Crippen LogP contribution is -1.95. The Morgan fingerprint density at radius 1 is 1.33 bits per heavy atom. The maximum Gasteiger partial charge on any atom is 0.00550 e. The predicted octanol–water partition coefficient (Wildman–Crippen LogP) is 4.52. The highest BCUT2D eigenvalue weighted by molar-refractivity contribution is 5.26. The van der Waals surface area contributed by atoms with Crippen molar-refractivity contribution in [3.05, 3.63) is 66.6 Å². The van der Waals surface area contributed by atoms with Crippen LogP contribution >= 0.6 is 0 Å². The summed E-state index contributed by atoms with van der Waals surface area (Å²) in [5.41, 5.74) is 2.78. The van der Waals surface area contributed by atoms with Gasteiger partial charge in [0.2, 0.25) is 0 Å². The highest BCUT2D eigenvalue weighted by Crippen LogP contribution is 2.24. The molecule has 0 N–H and O–H groups in total. The van der Waals surface area contributed by atoms with Crippen LogP contribution < -0.4 is 0 Å². The SMILES string of the molecule is [CH2]C=CC(CC(C)=CC)c1ccccc1. The van der Waals surface area contributed by atoms with Gasteiger partial charge in [-0.05, 0) is 32.8 Å². The van der Waals surface area contributed by atoms with Gasteiger partial charge in [0.05, 0.1) is 0 Å². The molecule has 0 amide bonds. The average Bonchev–Trinajstić information content (AvgIpc) is 2.29. The van der Waals surface area contributed by atoms with E-state index >= 15 is 0 Å². The average molecular weight is 199 g/mol. The molecule has 1 aromatic rings. The van der Waals surface area contributed by atoms with Gasteiger partial charge in [0.1, 0.15) is 0 Å². The summed E-state index contributed by atoms with van der Waals surface area (Å²) in [4.78, 5) is 0. The molecule has 1 atom stereocenters. The molecule has 0 nitrogen and oxygen atoms in total. The molecule has 1 radical (unpaired) electrons. The second kappa shape index (κ2) is 6.23. The van der Waals surface area contributed by atoms with Crippen LogP contribution in [-0.2, 0) is 0 Å². The minimum absolute atomic E-state index is 0.458. The Morgan fingerprint density at radius 3 is 2.53 bits per heavy atom. The van der Waals surface area contributed by atoms with Crippen molar-refractivity contribution in [2.75, 3.05) is 0 Å². The van der Waals surface area contributed by atoms with Gasteiger partial charge in [0.25, 0.3) is 0 Å². The van der Waals surface area contributed by atoms with Gasteiger partial charge in [-0.15, -0.1) is 0 Å². The quantitative estimate of drug-likeness (QED) is 0.625. The fraction of sp³-hybridized carbons (Fsp3) is 0.267. The third-order valence-corrected chi connectivity index (χ3v) is 2.63. The Hall–Kier alpha value is -1.30. The van der Waals surface area contributed by atoms with Gasteiger partial charge in [-0.1, -0.05) is 54.1 Å². The zero-order valence-corrected chi connectivity index (χ0v) is 9.61. The minimum Gasteiger partial charge on any atom is -0.0887 e. The monoisotopic (exact) mass is 199 g/mol. The molecular formula is C15H19. The Bertz CT molecular complexity index is 330. The van der Waals surface area contributed by atoms with E-state index in [2.05, 4.69) is 63.3 Å². The third kappa shape index (κ3) is 3.75. The zero-order valence-electron chi connectivity index (χ0n) is 9.61. The van der Waals surface area contributed by atoms with Gasteiger partial charge in [-0.2, -0.15) is 0 Å². The van der Waals surface area contributed by atoms with Crippen molar-refractivity contribution in [1.29, 1.82) is 0 Å². The van der Waals surface area contributed by atoms with Crippen LogP contribution in [0.3, 0.4) is 0 Å². The molecule has 79 valence electrons. The van der Waals surface area contributed by atoms with E-state index in [4.69, 9.17) is 0 Å². The molecule has 0 saturated carbocycles. The molecule has 0 fully saturated rings. The number of benzene rings is 1. The van der Waals surface area contributed by atoms with E-state index < -0.39 is 0 Å². The maximum absolute atomic E-state index is 3.78. The first-order chi connectivity index (χ1) is 7.27. The van der Waals surface area contributed by atoms with Crippen molar-refractivity contribution in [3.63, 3.8) is 0 Å². The van der Waals surface area contributed by atoms with Crippen molar-refractivity contribution < 1.29 is 0 Å². The molecule has 0 aliphatic carbocycles. The van der Waals surface area contributed by atoms with Gasteiger partial charge in [-0.3, -0.25) is 0 Å². The van der Waals surface area contributed by atoms with Crippen LogP contribution in [0.25, 0.3) is 0 Å². The van der Waals surface area contributed by atoms with E-state index in [1.165, 1.54) is 11.1 Å². The summed E-state index contributed by atoms with van der Waals surface area (Å²) in [6, 6.07) is 10.6. The second-order valence-electron chi connectivity index (χ2n) is 3.78. The smallest absolute Gasteiger partial charge is 0.00550 e. The lowest BCUT2D eigenvalue weighted by molar-refractivity contribution is 0.823. The lowest BCUT2D eigenvalue weighted by atomic mass is 9.92. The van der Waals surface area contributed by atoms with E-state index in [-0.39, 0.29) is 0 Å². The predicted molar refractivity (Wildman–Crippen MR) is 67.7 cm³/mol. The standard InChI is InChI=1S/C15H19/c1-4-9-15(12-13(3)5-2)14-10-7-6-8-11-14/h4-11,15H,1,12H2,2-3H3. The summed E-state index contributed by atoms with van der Waals surface area (Å²) >= 11 is 0. The van der Waals surface area contributed by atoms with Crippen LogP contribution in [0, 0.1) is 6.92 Å². The molecule has 0 aromatic heterocycles. The molecule has 0 aliphatic rings. The van der Waals surface area contributed by atoms with Gasteiger partial charge >= 0.3 is 0 Å². The van der Waals surface area contributed by atoms with Crippen LogP contribution in [0.15, 0.2) is 54.1 Å². The summed E-state index contributed by atoms with van der Waals surface area (Å²) in [5, 5.41) is 0. The molecular weight excluding hydrogens is 180 g/mol. The van der Waals surface area contributed by atoms with Crippen LogP contribution in [-0.4, -0.2) is 0 Å². The molecule has 0 spiro atoms. The van der Waals surface area contributed by atoms with E-state index in [1.807, 2.05) is 6.08 Å². The minimum atomic E-state index is 0.458. The molecule has 1 aromatic carbocycles. The first-order valence-electron chi connectivity index (χ1n) is 5.40. The third-order valence-electron chi connectivity index (χ3n) is 2.63. The van der Waals surface area contributed by atoms with Gasteiger partial charge in [0.15, 0.2) is 0 Å². The molecule has 0 heteroatoms. The Balaban J connectivity index is 2.84. The first-order valence-corrected chi connectivity index (χ1v) is 5.40. The molecule has 0 heterocycles. The Kier molecular flexibility index (Phi) is 4.89. The Morgan fingerprint density at radius 2 is 2.00 bits per heavy atom. The van der Waals surface area contributed by atoms with E-state index in [1.54, 1.807) is 0 Å². The summed E-state index contributed by atoms with van der Waals surface area (Å²) < 4.78 is 0. The normalized spacial score (nSPS) is 14.5. The molecule has 1 rings (SSSR count). The number of hydrogen-bond donors (Lipinski definition) is 0. The van der Waals surface area contributed by atoms with Gasteiger partial charge < -0.3 is 0 Å². The Labute approximate surface area is 93.3 Å². The molecule has 0 bridgehead atoms. The fourth-order valence-electron chi connectivity index (χ4n) is 1.63.